The van der Waals surface area contributed by atoms with Crippen molar-refractivity contribution in [1.82, 2.24) is 4.90 Å². The lowest BCUT2D eigenvalue weighted by molar-refractivity contribution is -0.110. The Balaban J connectivity index is 1.64. The molecular weight excluding hydrogens is 324 g/mol. The molecule has 2 aromatic carbocycles. The molecule has 0 aliphatic carbocycles. The van der Waals surface area contributed by atoms with E-state index in [0.29, 0.717) is 5.57 Å². The summed E-state index contributed by atoms with van der Waals surface area (Å²) in [6, 6.07) is 13.9. The second kappa shape index (κ2) is 8.06. The number of para-hydroxylation sites is 1. The van der Waals surface area contributed by atoms with E-state index in [0.717, 1.165) is 42.1 Å². The molecule has 0 unspecified atom stereocenters. The second-order valence-corrected chi connectivity index (χ2v) is 6.82. The largest absolute Gasteiger partial charge is 0.385 e. The number of aryl methyl sites for hydroxylation is 1. The molecule has 3 N–H and O–H groups in total. The maximum Gasteiger partial charge on any atom is 0.257 e. The van der Waals surface area contributed by atoms with Gasteiger partial charge < -0.3 is 20.9 Å². The van der Waals surface area contributed by atoms with E-state index >= 15 is 0 Å². The Kier molecular flexibility index (Phi) is 5.58. The highest BCUT2D eigenvalue weighted by Gasteiger charge is 2.23. The SMILES string of the molecule is Cc1cc(NC=C2C(=O)Nc3ccccc32)ccc1NCCCN(C)C. The van der Waals surface area contributed by atoms with Gasteiger partial charge in [-0.1, -0.05) is 18.2 Å². The van der Waals surface area contributed by atoms with Gasteiger partial charge in [0.15, 0.2) is 0 Å². The van der Waals surface area contributed by atoms with Gasteiger partial charge >= 0.3 is 0 Å². The molecule has 0 aromatic heterocycles. The first-order valence-corrected chi connectivity index (χ1v) is 8.91. The number of amides is 1. The Morgan fingerprint density at radius 3 is 2.73 bits per heavy atom. The third kappa shape index (κ3) is 4.24. The van der Waals surface area contributed by atoms with Crippen molar-refractivity contribution in [3.8, 4) is 0 Å². The van der Waals surface area contributed by atoms with Crippen LogP contribution in [0.15, 0.2) is 48.7 Å². The van der Waals surface area contributed by atoms with Crippen molar-refractivity contribution in [2.24, 2.45) is 0 Å². The summed E-state index contributed by atoms with van der Waals surface area (Å²) in [7, 11) is 4.17. The lowest BCUT2D eigenvalue weighted by Gasteiger charge is -2.13. The lowest BCUT2D eigenvalue weighted by Crippen LogP contribution is -2.16. The van der Waals surface area contributed by atoms with E-state index in [1.165, 1.54) is 5.56 Å². The maximum absolute atomic E-state index is 12.1. The quantitative estimate of drug-likeness (QED) is 0.526. The summed E-state index contributed by atoms with van der Waals surface area (Å²) in [5.74, 6) is -0.0744. The Hall–Kier alpha value is -2.79. The van der Waals surface area contributed by atoms with E-state index < -0.39 is 0 Å². The van der Waals surface area contributed by atoms with Gasteiger partial charge in [-0.3, -0.25) is 4.79 Å². The molecular formula is C21H26N4O. The number of carbonyl (C=O) groups excluding carboxylic acids is 1. The van der Waals surface area contributed by atoms with Gasteiger partial charge in [0.2, 0.25) is 0 Å². The van der Waals surface area contributed by atoms with Gasteiger partial charge in [0, 0.05) is 35.4 Å². The van der Waals surface area contributed by atoms with Crippen molar-refractivity contribution in [3.63, 3.8) is 0 Å². The van der Waals surface area contributed by atoms with Crippen LogP contribution in [0.2, 0.25) is 0 Å². The van der Waals surface area contributed by atoms with Crippen molar-refractivity contribution in [3.05, 3.63) is 59.8 Å². The van der Waals surface area contributed by atoms with Gasteiger partial charge in [-0.05, 0) is 63.8 Å². The second-order valence-electron chi connectivity index (χ2n) is 6.82. The van der Waals surface area contributed by atoms with E-state index in [1.807, 2.05) is 30.3 Å². The minimum atomic E-state index is -0.0744. The monoisotopic (exact) mass is 350 g/mol. The van der Waals surface area contributed by atoms with E-state index in [9.17, 15) is 4.79 Å². The smallest absolute Gasteiger partial charge is 0.257 e. The zero-order valence-electron chi connectivity index (χ0n) is 15.6. The standard InChI is InChI=1S/C21H26N4O/c1-15-13-16(9-10-19(15)22-11-6-12-25(2)3)23-14-18-17-7-4-5-8-20(17)24-21(18)26/h4-5,7-10,13-14,22-23H,6,11-12H2,1-3H3,(H,24,26). The zero-order chi connectivity index (χ0) is 18.5. The van der Waals surface area contributed by atoms with Crippen LogP contribution in [0.5, 0.6) is 0 Å². The number of nitrogens with one attached hydrogen (secondary N) is 3. The molecule has 1 aliphatic heterocycles. The minimum absolute atomic E-state index is 0.0744. The molecule has 0 atom stereocenters. The average molecular weight is 350 g/mol. The summed E-state index contributed by atoms with van der Waals surface area (Å²) in [4.78, 5) is 14.3. The summed E-state index contributed by atoms with van der Waals surface area (Å²) in [6.45, 7) is 4.11. The van der Waals surface area contributed by atoms with Crippen molar-refractivity contribution < 1.29 is 4.79 Å². The number of rotatable bonds is 7. The van der Waals surface area contributed by atoms with E-state index in [-0.39, 0.29) is 5.91 Å². The predicted molar refractivity (Wildman–Crippen MR) is 110 cm³/mol. The molecule has 0 radical (unpaired) electrons. The number of nitrogens with zero attached hydrogens (tertiary/aromatic N) is 1. The third-order valence-electron chi connectivity index (χ3n) is 4.42. The van der Waals surface area contributed by atoms with Crippen molar-refractivity contribution in [2.75, 3.05) is 43.1 Å². The van der Waals surface area contributed by atoms with Gasteiger partial charge in [0.1, 0.15) is 0 Å². The highest BCUT2D eigenvalue weighted by molar-refractivity contribution is 6.31. The van der Waals surface area contributed by atoms with Crippen LogP contribution in [-0.4, -0.2) is 38.0 Å². The van der Waals surface area contributed by atoms with E-state index in [1.54, 1.807) is 6.20 Å². The Morgan fingerprint density at radius 1 is 1.15 bits per heavy atom. The van der Waals surface area contributed by atoms with Crippen LogP contribution in [0.3, 0.4) is 0 Å². The fourth-order valence-electron chi connectivity index (χ4n) is 3.01. The molecule has 0 bridgehead atoms. The summed E-state index contributed by atoms with van der Waals surface area (Å²) < 4.78 is 0. The van der Waals surface area contributed by atoms with Crippen LogP contribution in [0.4, 0.5) is 17.1 Å². The number of hydrogen-bond donors (Lipinski definition) is 3. The van der Waals surface area contributed by atoms with Crippen molar-refractivity contribution >= 4 is 28.5 Å². The van der Waals surface area contributed by atoms with Gasteiger partial charge in [0.05, 0.1) is 5.57 Å². The molecule has 1 amide bonds. The molecule has 0 fully saturated rings. The summed E-state index contributed by atoms with van der Waals surface area (Å²) >= 11 is 0. The topological polar surface area (TPSA) is 56.4 Å². The van der Waals surface area contributed by atoms with Gasteiger partial charge in [-0.15, -0.1) is 0 Å². The highest BCUT2D eigenvalue weighted by atomic mass is 16.2. The van der Waals surface area contributed by atoms with Crippen LogP contribution in [0.1, 0.15) is 17.5 Å². The fraction of sp³-hybridized carbons (Fsp3) is 0.286. The predicted octanol–water partition coefficient (Wildman–Crippen LogP) is 3.76. The molecule has 5 nitrogen and oxygen atoms in total. The number of anilines is 3. The first-order valence-electron chi connectivity index (χ1n) is 8.91. The molecule has 0 spiro atoms. The first-order chi connectivity index (χ1) is 12.5. The van der Waals surface area contributed by atoms with Crippen LogP contribution in [-0.2, 0) is 4.79 Å². The van der Waals surface area contributed by atoms with Crippen molar-refractivity contribution in [2.45, 2.75) is 13.3 Å². The third-order valence-corrected chi connectivity index (χ3v) is 4.42. The van der Waals surface area contributed by atoms with Crippen molar-refractivity contribution in [1.29, 1.82) is 0 Å². The highest BCUT2D eigenvalue weighted by Crippen LogP contribution is 2.31. The van der Waals surface area contributed by atoms with Crippen LogP contribution in [0, 0.1) is 6.92 Å². The van der Waals surface area contributed by atoms with Crippen LogP contribution in [0.25, 0.3) is 5.57 Å². The van der Waals surface area contributed by atoms with Gasteiger partial charge in [0.25, 0.3) is 5.91 Å². The average Bonchev–Trinajstić information content (AvgIpc) is 2.93. The number of hydrogen-bond acceptors (Lipinski definition) is 4. The van der Waals surface area contributed by atoms with E-state index in [4.69, 9.17) is 0 Å². The first kappa shape index (κ1) is 18.0. The molecule has 1 heterocycles. The Morgan fingerprint density at radius 2 is 1.96 bits per heavy atom. The Labute approximate surface area is 155 Å². The van der Waals surface area contributed by atoms with Crippen LogP contribution >= 0.6 is 0 Å². The summed E-state index contributed by atoms with van der Waals surface area (Å²) in [6.07, 6.45) is 2.88. The minimum Gasteiger partial charge on any atom is -0.385 e. The molecule has 3 rings (SSSR count). The maximum atomic E-state index is 12.1. The lowest BCUT2D eigenvalue weighted by atomic mass is 10.1. The molecule has 5 heteroatoms. The number of benzene rings is 2. The molecule has 1 aliphatic rings. The molecule has 26 heavy (non-hydrogen) atoms. The summed E-state index contributed by atoms with van der Waals surface area (Å²) in [5, 5.41) is 9.61. The van der Waals surface area contributed by atoms with Crippen LogP contribution < -0.4 is 16.0 Å². The normalized spacial score (nSPS) is 14.5. The zero-order valence-corrected chi connectivity index (χ0v) is 15.6. The fourth-order valence-corrected chi connectivity index (χ4v) is 3.01. The molecule has 136 valence electrons. The summed E-state index contributed by atoms with van der Waals surface area (Å²) in [5.41, 5.74) is 5.73. The van der Waals surface area contributed by atoms with Gasteiger partial charge in [-0.25, -0.2) is 0 Å². The molecule has 0 saturated heterocycles. The number of fused-ring (bicyclic) bond motifs is 1. The van der Waals surface area contributed by atoms with Gasteiger partial charge in [-0.2, -0.15) is 0 Å². The van der Waals surface area contributed by atoms with E-state index in [2.05, 4.69) is 54.0 Å². The number of carbonyl (C=O) groups is 1. The Bertz CT molecular complexity index is 827. The molecule has 0 saturated carbocycles. The molecule has 2 aromatic rings.